The molecule has 0 amide bonds. The summed E-state index contributed by atoms with van der Waals surface area (Å²) in [7, 11) is 1.96. The molecule has 1 N–H and O–H groups in total. The molecule has 1 unspecified atom stereocenters. The van der Waals surface area contributed by atoms with E-state index in [1.807, 2.05) is 17.8 Å². The standard InChI is InChI=1S/C21H30N4O/c1-23-14-10-22-21(23)20(26)18-8-12-24(13-9-18)15-16-25-11-4-6-17-5-2-3-7-19(17)25/h2-3,5,7,10,14,18,20,26H,4,6,8-9,11-13,15-16H2,1H3. The Kier molecular flexibility index (Phi) is 5.27. The predicted molar refractivity (Wildman–Crippen MR) is 104 cm³/mol. The quantitative estimate of drug-likeness (QED) is 0.896. The Labute approximate surface area is 156 Å². The zero-order chi connectivity index (χ0) is 17.9. The topological polar surface area (TPSA) is 44.5 Å². The number of aryl methyl sites for hydroxylation is 2. The fourth-order valence-corrected chi connectivity index (χ4v) is 4.47. The number of rotatable bonds is 5. The molecule has 0 aliphatic carbocycles. The first kappa shape index (κ1) is 17.6. The monoisotopic (exact) mass is 354 g/mol. The lowest BCUT2D eigenvalue weighted by atomic mass is 9.90. The van der Waals surface area contributed by atoms with E-state index in [4.69, 9.17) is 0 Å². The Balaban J connectivity index is 1.28. The number of anilines is 1. The van der Waals surface area contributed by atoms with Crippen LogP contribution in [0.15, 0.2) is 36.7 Å². The summed E-state index contributed by atoms with van der Waals surface area (Å²) in [6, 6.07) is 8.84. The van der Waals surface area contributed by atoms with E-state index in [-0.39, 0.29) is 0 Å². The van der Waals surface area contributed by atoms with Crippen LogP contribution in [0.4, 0.5) is 5.69 Å². The Morgan fingerprint density at radius 1 is 1.15 bits per heavy atom. The summed E-state index contributed by atoms with van der Waals surface area (Å²) >= 11 is 0. The van der Waals surface area contributed by atoms with Gasteiger partial charge < -0.3 is 19.5 Å². The van der Waals surface area contributed by atoms with Crippen molar-refractivity contribution in [2.24, 2.45) is 13.0 Å². The van der Waals surface area contributed by atoms with Crippen molar-refractivity contribution in [2.75, 3.05) is 37.6 Å². The van der Waals surface area contributed by atoms with Gasteiger partial charge in [0, 0.05) is 44.8 Å². The zero-order valence-corrected chi connectivity index (χ0v) is 15.7. The van der Waals surface area contributed by atoms with Gasteiger partial charge >= 0.3 is 0 Å². The second kappa shape index (κ2) is 7.80. The average Bonchev–Trinajstić information content (AvgIpc) is 3.12. The second-order valence-electron chi connectivity index (χ2n) is 7.74. The maximum atomic E-state index is 10.6. The van der Waals surface area contributed by atoms with Gasteiger partial charge in [0.1, 0.15) is 11.9 Å². The smallest absolute Gasteiger partial charge is 0.137 e. The summed E-state index contributed by atoms with van der Waals surface area (Å²) in [4.78, 5) is 9.43. The Morgan fingerprint density at radius 3 is 2.73 bits per heavy atom. The number of imidazole rings is 1. The number of benzene rings is 1. The van der Waals surface area contributed by atoms with Gasteiger partial charge in [-0.2, -0.15) is 0 Å². The van der Waals surface area contributed by atoms with Gasteiger partial charge in [-0.15, -0.1) is 0 Å². The summed E-state index contributed by atoms with van der Waals surface area (Å²) in [6.07, 6.45) is 7.80. The highest BCUT2D eigenvalue weighted by atomic mass is 16.3. The number of aliphatic hydroxyl groups excluding tert-OH is 1. The van der Waals surface area contributed by atoms with Gasteiger partial charge in [0.05, 0.1) is 0 Å². The summed E-state index contributed by atoms with van der Waals surface area (Å²) in [5, 5.41) is 10.6. The molecule has 0 radical (unpaired) electrons. The number of aromatic nitrogens is 2. The normalized spacial score (nSPS) is 20.2. The molecule has 1 atom stereocenters. The van der Waals surface area contributed by atoms with Gasteiger partial charge in [-0.3, -0.25) is 0 Å². The van der Waals surface area contributed by atoms with Gasteiger partial charge in [0.2, 0.25) is 0 Å². The van der Waals surface area contributed by atoms with Crippen LogP contribution in [-0.2, 0) is 13.5 Å². The third-order valence-corrected chi connectivity index (χ3v) is 6.09. The molecule has 5 heteroatoms. The highest BCUT2D eigenvalue weighted by molar-refractivity contribution is 5.55. The van der Waals surface area contributed by atoms with Gasteiger partial charge in [-0.05, 0) is 56.3 Å². The molecular formula is C21H30N4O. The Hall–Kier alpha value is -1.85. The van der Waals surface area contributed by atoms with Crippen molar-refractivity contribution in [1.29, 1.82) is 0 Å². The minimum absolute atomic E-state index is 0.322. The molecule has 0 bridgehead atoms. The number of fused-ring (bicyclic) bond motifs is 1. The zero-order valence-electron chi connectivity index (χ0n) is 15.7. The van der Waals surface area contributed by atoms with Crippen LogP contribution in [0.25, 0.3) is 0 Å². The molecule has 2 aromatic rings. The maximum absolute atomic E-state index is 10.6. The molecule has 2 aliphatic heterocycles. The first-order chi connectivity index (χ1) is 12.7. The van der Waals surface area contributed by atoms with E-state index >= 15 is 0 Å². The number of hydrogen-bond donors (Lipinski definition) is 1. The molecule has 1 saturated heterocycles. The van der Waals surface area contributed by atoms with Crippen LogP contribution in [0.5, 0.6) is 0 Å². The van der Waals surface area contributed by atoms with Crippen LogP contribution < -0.4 is 4.90 Å². The summed E-state index contributed by atoms with van der Waals surface area (Å²) in [6.45, 7) is 5.53. The van der Waals surface area contributed by atoms with Gasteiger partial charge in [0.15, 0.2) is 0 Å². The summed E-state index contributed by atoms with van der Waals surface area (Å²) in [5.41, 5.74) is 2.93. The molecule has 5 nitrogen and oxygen atoms in total. The highest BCUT2D eigenvalue weighted by Crippen LogP contribution is 2.30. The SMILES string of the molecule is Cn1ccnc1C(O)C1CCN(CCN2CCCc3ccccc32)CC1. The van der Waals surface area contributed by atoms with Crippen molar-refractivity contribution in [2.45, 2.75) is 31.8 Å². The molecule has 0 saturated carbocycles. The lowest BCUT2D eigenvalue weighted by molar-refractivity contribution is 0.0518. The largest absolute Gasteiger partial charge is 0.385 e. The molecule has 4 rings (SSSR count). The Morgan fingerprint density at radius 2 is 1.96 bits per heavy atom. The fourth-order valence-electron chi connectivity index (χ4n) is 4.47. The van der Waals surface area contributed by atoms with E-state index in [0.717, 1.165) is 44.8 Å². The van der Waals surface area contributed by atoms with Crippen LogP contribution in [-0.4, -0.2) is 52.3 Å². The van der Waals surface area contributed by atoms with E-state index in [1.54, 1.807) is 6.20 Å². The van der Waals surface area contributed by atoms with E-state index in [0.29, 0.717) is 5.92 Å². The van der Waals surface area contributed by atoms with E-state index in [1.165, 1.54) is 30.6 Å². The molecule has 1 aromatic heterocycles. The fraction of sp³-hybridized carbons (Fsp3) is 0.571. The van der Waals surface area contributed by atoms with E-state index in [2.05, 4.69) is 39.0 Å². The Bertz CT molecular complexity index is 720. The van der Waals surface area contributed by atoms with E-state index in [9.17, 15) is 5.11 Å². The molecule has 3 heterocycles. The van der Waals surface area contributed by atoms with Crippen molar-refractivity contribution in [3.8, 4) is 0 Å². The van der Waals surface area contributed by atoms with Crippen LogP contribution in [0.3, 0.4) is 0 Å². The summed E-state index contributed by atoms with van der Waals surface area (Å²) < 4.78 is 1.94. The number of aliphatic hydroxyl groups is 1. The minimum Gasteiger partial charge on any atom is -0.385 e. The van der Waals surface area contributed by atoms with Crippen LogP contribution in [0.2, 0.25) is 0 Å². The van der Waals surface area contributed by atoms with Gasteiger partial charge in [0.25, 0.3) is 0 Å². The highest BCUT2D eigenvalue weighted by Gasteiger charge is 2.28. The number of hydrogen-bond acceptors (Lipinski definition) is 4. The molecular weight excluding hydrogens is 324 g/mol. The lowest BCUT2D eigenvalue weighted by Crippen LogP contribution is -2.42. The lowest BCUT2D eigenvalue weighted by Gasteiger charge is -2.37. The number of para-hydroxylation sites is 1. The molecule has 1 fully saturated rings. The van der Waals surface area contributed by atoms with Crippen molar-refractivity contribution in [3.05, 3.63) is 48.0 Å². The third kappa shape index (κ3) is 3.64. The first-order valence-corrected chi connectivity index (χ1v) is 9.93. The first-order valence-electron chi connectivity index (χ1n) is 9.93. The second-order valence-corrected chi connectivity index (χ2v) is 7.74. The minimum atomic E-state index is -0.439. The van der Waals surface area contributed by atoms with Crippen LogP contribution in [0, 0.1) is 5.92 Å². The van der Waals surface area contributed by atoms with E-state index < -0.39 is 6.10 Å². The van der Waals surface area contributed by atoms with Crippen molar-refractivity contribution in [3.63, 3.8) is 0 Å². The molecule has 140 valence electrons. The molecule has 1 aromatic carbocycles. The van der Waals surface area contributed by atoms with Crippen molar-refractivity contribution in [1.82, 2.24) is 14.5 Å². The van der Waals surface area contributed by atoms with Gasteiger partial charge in [-0.25, -0.2) is 4.98 Å². The number of likely N-dealkylation sites (tertiary alicyclic amines) is 1. The van der Waals surface area contributed by atoms with Gasteiger partial charge in [-0.1, -0.05) is 18.2 Å². The van der Waals surface area contributed by atoms with Crippen molar-refractivity contribution < 1.29 is 5.11 Å². The number of piperidine rings is 1. The average molecular weight is 354 g/mol. The molecule has 2 aliphatic rings. The maximum Gasteiger partial charge on any atom is 0.137 e. The number of nitrogens with zero attached hydrogens (tertiary/aromatic N) is 4. The van der Waals surface area contributed by atoms with Crippen LogP contribution >= 0.6 is 0 Å². The van der Waals surface area contributed by atoms with Crippen LogP contribution in [0.1, 0.15) is 36.8 Å². The van der Waals surface area contributed by atoms with Crippen molar-refractivity contribution >= 4 is 5.69 Å². The molecule has 0 spiro atoms. The molecule has 26 heavy (non-hydrogen) atoms. The predicted octanol–water partition coefficient (Wildman–Crippen LogP) is 2.62. The third-order valence-electron chi connectivity index (χ3n) is 6.09. The summed E-state index contributed by atoms with van der Waals surface area (Å²) in [5.74, 6) is 1.12.